The fourth-order valence-corrected chi connectivity index (χ4v) is 6.71. The highest BCUT2D eigenvalue weighted by Gasteiger charge is 2.40. The molecular formula is C28H30F3N5O4S. The standard InChI is InChI=1S/C28H30F3N5O4S/c1-16-14-22(28(29,30)31)33-36(16)23(27(39)40)26(38)35-12-10-18(11-13-35)24-32-20(15-41-24)25(37)34(2)21-9-5-7-17-6-3-4-8-19(17)21/h3-4,6,8,14-15,18,21,23H,5,7,9-13H2,1-2H3,(H,39,40). The summed E-state index contributed by atoms with van der Waals surface area (Å²) in [5, 5.41) is 15.6. The molecule has 9 nitrogen and oxygen atoms in total. The maximum Gasteiger partial charge on any atom is 0.435 e. The second-order valence-corrected chi connectivity index (χ2v) is 11.4. The molecule has 218 valence electrons. The largest absolute Gasteiger partial charge is 0.479 e. The van der Waals surface area contributed by atoms with Crippen molar-refractivity contribution in [3.63, 3.8) is 0 Å². The van der Waals surface area contributed by atoms with Crippen molar-refractivity contribution in [3.05, 3.63) is 68.9 Å². The number of hydrogen-bond donors (Lipinski definition) is 1. The Balaban J connectivity index is 1.24. The van der Waals surface area contributed by atoms with Gasteiger partial charge in [0.15, 0.2) is 5.69 Å². The number of carboxylic acids is 1. The number of likely N-dealkylation sites (tertiary alicyclic amines) is 1. The number of aromatic nitrogens is 3. The average molecular weight is 590 g/mol. The predicted molar refractivity (Wildman–Crippen MR) is 144 cm³/mol. The highest BCUT2D eigenvalue weighted by molar-refractivity contribution is 7.09. The van der Waals surface area contributed by atoms with Crippen molar-refractivity contribution < 1.29 is 32.7 Å². The van der Waals surface area contributed by atoms with Gasteiger partial charge in [-0.05, 0) is 56.2 Å². The highest BCUT2D eigenvalue weighted by atomic mass is 32.1. The zero-order valence-corrected chi connectivity index (χ0v) is 23.4. The Morgan fingerprint density at radius 2 is 1.85 bits per heavy atom. The number of alkyl halides is 3. The molecule has 13 heteroatoms. The first-order valence-electron chi connectivity index (χ1n) is 13.4. The number of piperidine rings is 1. The molecule has 3 aromatic rings. The molecule has 0 bridgehead atoms. The lowest BCUT2D eigenvalue weighted by Crippen LogP contribution is -2.45. The summed E-state index contributed by atoms with van der Waals surface area (Å²) >= 11 is 1.38. The first kappa shape index (κ1) is 28.8. The minimum atomic E-state index is -4.76. The molecule has 2 unspecified atom stereocenters. The van der Waals surface area contributed by atoms with Crippen LogP contribution in [0.5, 0.6) is 0 Å². The highest BCUT2D eigenvalue weighted by Crippen LogP contribution is 2.36. The van der Waals surface area contributed by atoms with Crippen LogP contribution < -0.4 is 0 Å². The lowest BCUT2D eigenvalue weighted by molar-refractivity contribution is -0.152. The van der Waals surface area contributed by atoms with Crippen LogP contribution in [0.4, 0.5) is 13.2 Å². The molecule has 1 saturated heterocycles. The second-order valence-electron chi connectivity index (χ2n) is 10.5. The lowest BCUT2D eigenvalue weighted by Gasteiger charge is -2.33. The van der Waals surface area contributed by atoms with Crippen LogP contribution in [0.1, 0.15) is 81.7 Å². The van der Waals surface area contributed by atoms with Crippen LogP contribution >= 0.6 is 11.3 Å². The molecule has 2 aromatic heterocycles. The minimum Gasteiger partial charge on any atom is -0.479 e. The number of thiazole rings is 1. The van der Waals surface area contributed by atoms with E-state index in [0.29, 0.717) is 23.2 Å². The number of halogens is 3. The van der Waals surface area contributed by atoms with Crippen LogP contribution in [0.2, 0.25) is 0 Å². The number of hydrogen-bond acceptors (Lipinski definition) is 6. The van der Waals surface area contributed by atoms with Gasteiger partial charge in [0.2, 0.25) is 6.04 Å². The van der Waals surface area contributed by atoms with Gasteiger partial charge in [0, 0.05) is 37.1 Å². The third kappa shape index (κ3) is 5.72. The van der Waals surface area contributed by atoms with E-state index in [4.69, 9.17) is 0 Å². The van der Waals surface area contributed by atoms with Gasteiger partial charge in [-0.1, -0.05) is 24.3 Å². The van der Waals surface area contributed by atoms with Gasteiger partial charge < -0.3 is 14.9 Å². The molecule has 2 atom stereocenters. The molecule has 1 fully saturated rings. The van der Waals surface area contributed by atoms with Crippen molar-refractivity contribution in [2.45, 2.75) is 63.2 Å². The fourth-order valence-electron chi connectivity index (χ4n) is 5.75. The monoisotopic (exact) mass is 589 g/mol. The maximum atomic E-state index is 13.3. The number of carboxylic acid groups (broad SMARTS) is 1. The third-order valence-electron chi connectivity index (χ3n) is 7.95. The molecule has 1 aliphatic carbocycles. The zero-order chi connectivity index (χ0) is 29.5. The third-order valence-corrected chi connectivity index (χ3v) is 8.96. The fraction of sp³-hybridized carbons (Fsp3) is 0.464. The van der Waals surface area contributed by atoms with Gasteiger partial charge in [0.05, 0.1) is 11.0 Å². The van der Waals surface area contributed by atoms with Gasteiger partial charge in [-0.15, -0.1) is 11.3 Å². The smallest absolute Gasteiger partial charge is 0.435 e. The first-order chi connectivity index (χ1) is 19.5. The lowest BCUT2D eigenvalue weighted by atomic mass is 9.87. The number of nitrogens with zero attached hydrogens (tertiary/aromatic N) is 5. The summed E-state index contributed by atoms with van der Waals surface area (Å²) in [4.78, 5) is 46.2. The first-order valence-corrected chi connectivity index (χ1v) is 14.3. The zero-order valence-electron chi connectivity index (χ0n) is 22.6. The number of amides is 2. The van der Waals surface area contributed by atoms with Gasteiger partial charge in [-0.3, -0.25) is 9.59 Å². The van der Waals surface area contributed by atoms with E-state index < -0.39 is 29.8 Å². The average Bonchev–Trinajstić information content (AvgIpc) is 3.59. The van der Waals surface area contributed by atoms with Crippen LogP contribution in [-0.2, 0) is 22.2 Å². The van der Waals surface area contributed by atoms with Crippen molar-refractivity contribution >= 4 is 29.1 Å². The molecular weight excluding hydrogens is 559 g/mol. The van der Waals surface area contributed by atoms with E-state index >= 15 is 0 Å². The van der Waals surface area contributed by atoms with E-state index in [9.17, 15) is 32.7 Å². The molecule has 5 rings (SSSR count). The maximum absolute atomic E-state index is 13.3. The van der Waals surface area contributed by atoms with Crippen LogP contribution in [0.15, 0.2) is 35.7 Å². The minimum absolute atomic E-state index is 0.0142. The second kappa shape index (κ2) is 11.3. The topological polar surface area (TPSA) is 109 Å². The van der Waals surface area contributed by atoms with Crippen molar-refractivity contribution in [1.29, 1.82) is 0 Å². The van der Waals surface area contributed by atoms with Gasteiger partial charge >= 0.3 is 12.1 Å². The number of rotatable bonds is 6. The van der Waals surface area contributed by atoms with Crippen LogP contribution in [0, 0.1) is 6.92 Å². The van der Waals surface area contributed by atoms with E-state index in [1.807, 2.05) is 12.1 Å². The summed E-state index contributed by atoms with van der Waals surface area (Å²) in [6.45, 7) is 1.70. The van der Waals surface area contributed by atoms with Crippen molar-refractivity contribution in [2.24, 2.45) is 0 Å². The molecule has 41 heavy (non-hydrogen) atoms. The number of benzene rings is 1. The Bertz CT molecular complexity index is 1460. The Morgan fingerprint density at radius 1 is 1.15 bits per heavy atom. The van der Waals surface area contributed by atoms with Gasteiger partial charge in [-0.25, -0.2) is 14.5 Å². The molecule has 3 heterocycles. The SMILES string of the molecule is Cc1cc(C(F)(F)F)nn1C(C(=O)O)C(=O)N1CCC(c2nc(C(=O)N(C)C3CCCc4ccccc43)cs2)CC1. The molecule has 2 amide bonds. The molecule has 1 aliphatic heterocycles. The Labute approximate surface area is 238 Å². The quantitative estimate of drug-likeness (QED) is 0.412. The Hall–Kier alpha value is -3.74. The summed E-state index contributed by atoms with van der Waals surface area (Å²) < 4.78 is 39.9. The molecule has 2 aliphatic rings. The predicted octanol–water partition coefficient (Wildman–Crippen LogP) is 4.85. The van der Waals surface area contributed by atoms with E-state index in [-0.39, 0.29) is 36.7 Å². The number of aliphatic carboxylic acids is 1. The molecule has 0 spiro atoms. The molecule has 0 saturated carbocycles. The summed E-state index contributed by atoms with van der Waals surface area (Å²) in [6.07, 6.45) is -0.904. The summed E-state index contributed by atoms with van der Waals surface area (Å²) in [5.74, 6) is -2.58. The Morgan fingerprint density at radius 3 is 2.51 bits per heavy atom. The summed E-state index contributed by atoms with van der Waals surface area (Å²) in [5.41, 5.74) is 1.48. The van der Waals surface area contributed by atoms with E-state index in [1.165, 1.54) is 34.3 Å². The van der Waals surface area contributed by atoms with Crippen LogP contribution in [-0.4, -0.2) is 67.6 Å². The van der Waals surface area contributed by atoms with E-state index in [1.54, 1.807) is 17.3 Å². The van der Waals surface area contributed by atoms with E-state index in [2.05, 4.69) is 22.2 Å². The Kier molecular flexibility index (Phi) is 7.91. The molecule has 1 N–H and O–H groups in total. The number of carbonyl (C=O) groups is 3. The number of aryl methyl sites for hydroxylation is 2. The van der Waals surface area contributed by atoms with Crippen LogP contribution in [0.25, 0.3) is 0 Å². The van der Waals surface area contributed by atoms with Crippen molar-refractivity contribution in [2.75, 3.05) is 20.1 Å². The van der Waals surface area contributed by atoms with Crippen LogP contribution in [0.3, 0.4) is 0 Å². The van der Waals surface area contributed by atoms with Crippen molar-refractivity contribution in [3.8, 4) is 0 Å². The summed E-state index contributed by atoms with van der Waals surface area (Å²) in [7, 11) is 1.80. The molecule has 0 radical (unpaired) electrons. The van der Waals surface area contributed by atoms with Gasteiger partial charge in [0.25, 0.3) is 11.8 Å². The normalized spacial score (nSPS) is 18.6. The number of carbonyl (C=O) groups excluding carboxylic acids is 2. The van der Waals surface area contributed by atoms with E-state index in [0.717, 1.165) is 30.3 Å². The molecule has 1 aromatic carbocycles. The van der Waals surface area contributed by atoms with Gasteiger partial charge in [0.1, 0.15) is 5.69 Å². The van der Waals surface area contributed by atoms with Gasteiger partial charge in [-0.2, -0.15) is 18.3 Å². The van der Waals surface area contributed by atoms with Crippen molar-refractivity contribution in [1.82, 2.24) is 24.6 Å². The number of fused-ring (bicyclic) bond motifs is 1. The summed E-state index contributed by atoms with van der Waals surface area (Å²) in [6, 6.07) is 6.99.